The summed E-state index contributed by atoms with van der Waals surface area (Å²) in [7, 11) is 0. The molecule has 0 bridgehead atoms. The Hall–Kier alpha value is -2.09. The molecule has 0 heterocycles. The highest BCUT2D eigenvalue weighted by Gasteiger charge is 2.17. The molecule has 1 rings (SSSR count). The maximum Gasteiger partial charge on any atom is 0.337 e. The SMILES string of the molecule is CCNC(=O)C(C)NC(=O)Nc1ccc(Br)cc1C(=O)O. The van der Waals surface area contributed by atoms with Crippen molar-refractivity contribution in [2.24, 2.45) is 0 Å². The standard InChI is InChI=1S/C13H16BrN3O4/c1-3-15-11(18)7(2)16-13(21)17-10-5-4-8(14)6-9(10)12(19)20/h4-7H,3H2,1-2H3,(H,15,18)(H,19,20)(H2,16,17,21). The molecule has 1 aromatic rings. The molecular formula is C13H16BrN3O4. The zero-order valence-corrected chi connectivity index (χ0v) is 13.2. The number of anilines is 1. The Morgan fingerprint density at radius 2 is 2.00 bits per heavy atom. The number of hydrogen-bond donors (Lipinski definition) is 4. The van der Waals surface area contributed by atoms with E-state index < -0.39 is 18.0 Å². The van der Waals surface area contributed by atoms with E-state index in [0.717, 1.165) is 0 Å². The highest BCUT2D eigenvalue weighted by atomic mass is 79.9. The van der Waals surface area contributed by atoms with Crippen LogP contribution in [0.2, 0.25) is 0 Å². The lowest BCUT2D eigenvalue weighted by Gasteiger charge is -2.15. The molecule has 1 atom stereocenters. The summed E-state index contributed by atoms with van der Waals surface area (Å²) in [6.45, 7) is 3.76. The molecule has 8 heteroatoms. The van der Waals surface area contributed by atoms with E-state index in [9.17, 15) is 14.4 Å². The monoisotopic (exact) mass is 357 g/mol. The Labute approximate surface area is 130 Å². The third-order valence-corrected chi connectivity index (χ3v) is 3.05. The summed E-state index contributed by atoms with van der Waals surface area (Å²) in [5, 5.41) is 16.5. The lowest BCUT2D eigenvalue weighted by molar-refractivity contribution is -0.122. The summed E-state index contributed by atoms with van der Waals surface area (Å²) in [6.07, 6.45) is 0. The van der Waals surface area contributed by atoms with Crippen LogP contribution >= 0.6 is 15.9 Å². The first-order valence-electron chi connectivity index (χ1n) is 6.23. The molecule has 0 spiro atoms. The topological polar surface area (TPSA) is 108 Å². The van der Waals surface area contributed by atoms with Crippen molar-refractivity contribution in [1.82, 2.24) is 10.6 Å². The molecule has 114 valence electrons. The van der Waals surface area contributed by atoms with Crippen molar-refractivity contribution in [2.75, 3.05) is 11.9 Å². The van der Waals surface area contributed by atoms with Crippen LogP contribution in [0.25, 0.3) is 0 Å². The minimum absolute atomic E-state index is 0.0508. The molecular weight excluding hydrogens is 342 g/mol. The highest BCUT2D eigenvalue weighted by Crippen LogP contribution is 2.21. The van der Waals surface area contributed by atoms with Crippen molar-refractivity contribution >= 4 is 39.5 Å². The fraction of sp³-hybridized carbons (Fsp3) is 0.308. The molecule has 1 aromatic carbocycles. The van der Waals surface area contributed by atoms with Crippen LogP contribution in [0.1, 0.15) is 24.2 Å². The molecule has 4 N–H and O–H groups in total. The number of aromatic carboxylic acids is 1. The van der Waals surface area contributed by atoms with E-state index in [0.29, 0.717) is 11.0 Å². The van der Waals surface area contributed by atoms with Crippen LogP contribution in [0.3, 0.4) is 0 Å². The third kappa shape index (κ3) is 5.07. The van der Waals surface area contributed by atoms with E-state index in [1.165, 1.54) is 19.1 Å². The Bertz CT molecular complexity index is 562. The number of nitrogens with one attached hydrogen (secondary N) is 3. The van der Waals surface area contributed by atoms with Gasteiger partial charge in [-0.1, -0.05) is 15.9 Å². The fourth-order valence-corrected chi connectivity index (χ4v) is 1.91. The van der Waals surface area contributed by atoms with Gasteiger partial charge in [-0.05, 0) is 32.0 Å². The van der Waals surface area contributed by atoms with Gasteiger partial charge in [0, 0.05) is 11.0 Å². The van der Waals surface area contributed by atoms with Gasteiger partial charge in [0.05, 0.1) is 11.3 Å². The quantitative estimate of drug-likeness (QED) is 0.644. The lowest BCUT2D eigenvalue weighted by Crippen LogP contribution is -2.46. The molecule has 1 unspecified atom stereocenters. The Kier molecular flexibility index (Phi) is 6.16. The normalized spacial score (nSPS) is 11.4. The van der Waals surface area contributed by atoms with Crippen molar-refractivity contribution in [3.63, 3.8) is 0 Å². The average molecular weight is 358 g/mol. The van der Waals surface area contributed by atoms with Gasteiger partial charge in [-0.25, -0.2) is 9.59 Å². The van der Waals surface area contributed by atoms with Gasteiger partial charge in [-0.3, -0.25) is 4.79 Å². The van der Waals surface area contributed by atoms with Gasteiger partial charge in [-0.15, -0.1) is 0 Å². The van der Waals surface area contributed by atoms with Crippen LogP contribution < -0.4 is 16.0 Å². The first-order chi connectivity index (χ1) is 9.85. The molecule has 0 saturated carbocycles. The van der Waals surface area contributed by atoms with Crippen LogP contribution in [0.15, 0.2) is 22.7 Å². The molecule has 0 aliphatic carbocycles. The number of urea groups is 1. The second-order valence-corrected chi connectivity index (χ2v) is 5.13. The van der Waals surface area contributed by atoms with Crippen molar-refractivity contribution in [1.29, 1.82) is 0 Å². The van der Waals surface area contributed by atoms with Gasteiger partial charge in [-0.2, -0.15) is 0 Å². The Balaban J connectivity index is 2.75. The van der Waals surface area contributed by atoms with Crippen molar-refractivity contribution in [3.8, 4) is 0 Å². The van der Waals surface area contributed by atoms with Gasteiger partial charge >= 0.3 is 12.0 Å². The van der Waals surface area contributed by atoms with E-state index in [1.807, 2.05) is 0 Å². The van der Waals surface area contributed by atoms with Crippen LogP contribution in [-0.4, -0.2) is 35.6 Å². The number of carboxylic acid groups (broad SMARTS) is 1. The van der Waals surface area contributed by atoms with E-state index >= 15 is 0 Å². The fourth-order valence-electron chi connectivity index (χ4n) is 1.55. The van der Waals surface area contributed by atoms with Gasteiger partial charge < -0.3 is 21.1 Å². The second-order valence-electron chi connectivity index (χ2n) is 4.21. The summed E-state index contributed by atoms with van der Waals surface area (Å²) < 4.78 is 0.585. The van der Waals surface area contributed by atoms with Gasteiger partial charge in [0.2, 0.25) is 5.91 Å². The van der Waals surface area contributed by atoms with Crippen LogP contribution in [0, 0.1) is 0 Å². The number of carbonyl (C=O) groups is 3. The minimum atomic E-state index is -1.16. The summed E-state index contributed by atoms with van der Waals surface area (Å²) in [5.74, 6) is -1.48. The zero-order valence-electron chi connectivity index (χ0n) is 11.6. The molecule has 0 aliphatic heterocycles. The molecule has 21 heavy (non-hydrogen) atoms. The Morgan fingerprint density at radius 1 is 1.33 bits per heavy atom. The van der Waals surface area contributed by atoms with Crippen molar-refractivity contribution in [2.45, 2.75) is 19.9 Å². The predicted octanol–water partition coefficient (Wildman–Crippen LogP) is 1.79. The third-order valence-electron chi connectivity index (χ3n) is 2.55. The minimum Gasteiger partial charge on any atom is -0.478 e. The number of benzene rings is 1. The van der Waals surface area contributed by atoms with E-state index in [1.54, 1.807) is 13.0 Å². The summed E-state index contributed by atoms with van der Waals surface area (Å²) in [4.78, 5) is 34.4. The van der Waals surface area contributed by atoms with Crippen molar-refractivity contribution in [3.05, 3.63) is 28.2 Å². The number of rotatable bonds is 5. The zero-order chi connectivity index (χ0) is 16.0. The predicted molar refractivity (Wildman–Crippen MR) is 81.4 cm³/mol. The van der Waals surface area contributed by atoms with Crippen LogP contribution in [0.4, 0.5) is 10.5 Å². The van der Waals surface area contributed by atoms with Crippen LogP contribution in [-0.2, 0) is 4.79 Å². The van der Waals surface area contributed by atoms with E-state index in [4.69, 9.17) is 5.11 Å². The molecule has 0 aliphatic rings. The van der Waals surface area contributed by atoms with E-state index in [-0.39, 0.29) is 17.2 Å². The maximum atomic E-state index is 11.8. The number of likely N-dealkylation sites (N-methyl/N-ethyl adjacent to an activating group) is 1. The smallest absolute Gasteiger partial charge is 0.337 e. The molecule has 3 amide bonds. The second kappa shape index (κ2) is 7.63. The summed E-state index contributed by atoms with van der Waals surface area (Å²) >= 11 is 3.16. The van der Waals surface area contributed by atoms with Gasteiger partial charge in [0.25, 0.3) is 0 Å². The first-order valence-corrected chi connectivity index (χ1v) is 7.02. The van der Waals surface area contributed by atoms with Crippen LogP contribution in [0.5, 0.6) is 0 Å². The number of hydrogen-bond acceptors (Lipinski definition) is 3. The van der Waals surface area contributed by atoms with E-state index in [2.05, 4.69) is 31.9 Å². The van der Waals surface area contributed by atoms with Gasteiger partial charge in [0.15, 0.2) is 0 Å². The summed E-state index contributed by atoms with van der Waals surface area (Å²) in [6, 6.07) is 3.07. The first kappa shape index (κ1) is 17.0. The molecule has 0 saturated heterocycles. The molecule has 7 nitrogen and oxygen atoms in total. The largest absolute Gasteiger partial charge is 0.478 e. The molecule has 0 aromatic heterocycles. The number of carbonyl (C=O) groups excluding carboxylic acids is 2. The molecule has 0 fully saturated rings. The lowest BCUT2D eigenvalue weighted by atomic mass is 10.2. The van der Waals surface area contributed by atoms with Crippen molar-refractivity contribution < 1.29 is 19.5 Å². The maximum absolute atomic E-state index is 11.8. The average Bonchev–Trinajstić information content (AvgIpc) is 2.40. The molecule has 0 radical (unpaired) electrons. The highest BCUT2D eigenvalue weighted by molar-refractivity contribution is 9.10. The summed E-state index contributed by atoms with van der Waals surface area (Å²) in [5.41, 5.74) is 0.0940. The Morgan fingerprint density at radius 3 is 2.57 bits per heavy atom. The number of halogens is 1. The number of amides is 3. The van der Waals surface area contributed by atoms with Gasteiger partial charge in [0.1, 0.15) is 6.04 Å². The number of carboxylic acids is 1.